The van der Waals surface area contributed by atoms with Gasteiger partial charge in [0.05, 0.1) is 5.92 Å². The zero-order valence-corrected chi connectivity index (χ0v) is 56.4. The monoisotopic (exact) mass is 1240 g/mol. The molecule has 2 aromatic carbocycles. The molecule has 89 heavy (non-hydrogen) atoms. The number of hydrogen-bond donors (Lipinski definition) is 0. The fraction of sp³-hybridized carbons (Fsp3) is 0.746. The van der Waals surface area contributed by atoms with Crippen molar-refractivity contribution in [3.63, 3.8) is 0 Å². The van der Waals surface area contributed by atoms with Crippen LogP contribution < -0.4 is 0 Å². The Morgan fingerprint density at radius 1 is 0.494 bits per heavy atom. The van der Waals surface area contributed by atoms with Crippen LogP contribution in [0.2, 0.25) is 0 Å². The number of halogens is 2. The summed E-state index contributed by atoms with van der Waals surface area (Å²) in [4.78, 5) is 90.0. The number of likely N-dealkylation sites (tertiary alicyclic amines) is 3. The summed E-state index contributed by atoms with van der Waals surface area (Å²) in [6.45, 7) is 35.3. The first-order valence-electron chi connectivity index (χ1n) is 32.8. The molecule has 6 aliphatic carbocycles. The SMILES string of the molecule is CC(C)(C)OC(=O)[C@@H](CC12C3C4C5C3C1C5(CN(Cc1cccc(CC(F)(C(=O)OC(C)(C)C)[C@H]3CCN(C(=O)OC(C)(C)C)C3)c1)Cc1cccc(CC(F)(C(=O)OC(C)(C)C)[C@H]3CCN(C(=O)OC(C)(C)C)C3)c1)C42)[C@H]1CCN(C(=O)OC(C)(C)C)C1. The lowest BCUT2D eigenvalue weighted by molar-refractivity contribution is -0.661. The smallest absolute Gasteiger partial charge is 0.410 e. The standard InChI is InChI=1S/C71H102F2N4O12/c1-62(2,3)84-56(78)49(46-25-28-75(38-46)59(81)87-65(10,11)12)35-68-52-50-53-51(52)55(68)69(53,54(50)68)41-74(36-44-23-19-21-42(31-44)33-70(72,57(79)85-63(4,5)6)47-26-29-76(39-47)60(82)88-66(13,14)15)37-45-24-20-22-43(32-45)34-71(73,58(80)86-64(7,8)9)48-27-30-77(40-48)61(83)89-67(16,17)18/h19-24,31-32,46-55H,25-30,33-41H2,1-18H3/t46-,47-,48-,49-,50?,51?,52?,53?,54?,55?,68?,69?,70?,71?/m0/s1. The van der Waals surface area contributed by atoms with Crippen molar-refractivity contribution in [2.45, 2.75) is 221 Å². The van der Waals surface area contributed by atoms with Crippen LogP contribution in [0, 0.1) is 70.0 Å². The van der Waals surface area contributed by atoms with E-state index in [0.29, 0.717) is 79.2 Å². The van der Waals surface area contributed by atoms with Crippen molar-refractivity contribution in [3.8, 4) is 0 Å². The van der Waals surface area contributed by atoms with Crippen LogP contribution in [0.3, 0.4) is 0 Å². The first-order valence-corrected chi connectivity index (χ1v) is 32.8. The topological polar surface area (TPSA) is 171 Å². The van der Waals surface area contributed by atoms with Crippen molar-refractivity contribution in [2.75, 3.05) is 45.8 Å². The van der Waals surface area contributed by atoms with Crippen molar-refractivity contribution in [1.82, 2.24) is 19.6 Å². The third kappa shape index (κ3) is 12.9. The average molecular weight is 1240 g/mol. The Morgan fingerprint density at radius 2 is 0.854 bits per heavy atom. The van der Waals surface area contributed by atoms with Crippen molar-refractivity contribution in [3.05, 3.63) is 70.8 Å². The van der Waals surface area contributed by atoms with E-state index >= 15 is 8.78 Å². The van der Waals surface area contributed by atoms with E-state index in [4.69, 9.17) is 28.4 Å². The Hall–Kier alpha value is -5.52. The lowest BCUT2D eigenvalue weighted by Crippen LogP contribution is -3.10. The maximum Gasteiger partial charge on any atom is 0.410 e. The number of esters is 3. The predicted molar refractivity (Wildman–Crippen MR) is 331 cm³/mol. The molecule has 18 heteroatoms. The van der Waals surface area contributed by atoms with E-state index in [-0.39, 0.29) is 86.6 Å². The molecular weight excluding hydrogens is 1140 g/mol. The summed E-state index contributed by atoms with van der Waals surface area (Å²) >= 11 is 0. The molecule has 11 rings (SSSR count). The maximum atomic E-state index is 18.2. The van der Waals surface area contributed by atoms with E-state index in [9.17, 15) is 28.8 Å². The Bertz CT molecular complexity index is 2920. The number of alkyl halides is 2. The van der Waals surface area contributed by atoms with Crippen molar-refractivity contribution in [1.29, 1.82) is 0 Å². The molecule has 9 aliphatic rings. The molecule has 3 heterocycles. The van der Waals surface area contributed by atoms with Gasteiger partial charge in [0.15, 0.2) is 0 Å². The maximum absolute atomic E-state index is 18.2. The Balaban J connectivity index is 0.941. The number of rotatable bonds is 18. The van der Waals surface area contributed by atoms with E-state index in [1.165, 1.54) is 9.80 Å². The van der Waals surface area contributed by atoms with Gasteiger partial charge in [-0.05, 0) is 225 Å². The van der Waals surface area contributed by atoms with Crippen LogP contribution in [0.15, 0.2) is 48.5 Å². The number of amides is 3. The molecule has 6 saturated carbocycles. The van der Waals surface area contributed by atoms with E-state index in [1.54, 1.807) is 88.0 Å². The molecule has 0 radical (unpaired) electrons. The summed E-state index contributed by atoms with van der Waals surface area (Å²) in [5.74, 6) is -1.16. The normalized spacial score (nSPS) is 30.1. The third-order valence-corrected chi connectivity index (χ3v) is 20.4. The Morgan fingerprint density at radius 3 is 1.25 bits per heavy atom. The van der Waals surface area contributed by atoms with Crippen LogP contribution in [0.4, 0.5) is 23.2 Å². The fourth-order valence-corrected chi connectivity index (χ4v) is 17.7. The molecule has 3 aliphatic heterocycles. The van der Waals surface area contributed by atoms with Crippen LogP contribution in [-0.2, 0) is 68.7 Å². The summed E-state index contributed by atoms with van der Waals surface area (Å²) in [6, 6.07) is 15.5. The zero-order chi connectivity index (χ0) is 65.4. The highest BCUT2D eigenvalue weighted by Crippen LogP contribution is 3.11. The molecule has 10 atom stereocenters. The second kappa shape index (κ2) is 22.7. The minimum Gasteiger partial charge on any atom is -0.460 e. The fourth-order valence-electron chi connectivity index (χ4n) is 17.7. The number of carbonyl (C=O) groups is 6. The van der Waals surface area contributed by atoms with Crippen LogP contribution in [0.1, 0.15) is 173 Å². The van der Waals surface area contributed by atoms with Crippen LogP contribution in [0.25, 0.3) is 0 Å². The van der Waals surface area contributed by atoms with Gasteiger partial charge in [-0.3, -0.25) is 9.69 Å². The van der Waals surface area contributed by atoms with Crippen LogP contribution in [0.5, 0.6) is 0 Å². The van der Waals surface area contributed by atoms with E-state index in [2.05, 4.69) is 4.90 Å². The minimum atomic E-state index is -2.48. The highest BCUT2D eigenvalue weighted by atomic mass is 19.1. The summed E-state index contributed by atoms with van der Waals surface area (Å²) in [6.07, 6.45) is -0.140. The van der Waals surface area contributed by atoms with Crippen LogP contribution >= 0.6 is 0 Å². The van der Waals surface area contributed by atoms with Gasteiger partial charge in [-0.25, -0.2) is 32.8 Å². The highest BCUT2D eigenvalue weighted by molar-refractivity contribution is 5.82. The lowest BCUT2D eigenvalue weighted by Gasteiger charge is -3.12. The van der Waals surface area contributed by atoms with Gasteiger partial charge in [0.1, 0.15) is 33.6 Å². The second-order valence-electron chi connectivity index (χ2n) is 33.9. The van der Waals surface area contributed by atoms with Crippen molar-refractivity contribution in [2.24, 2.45) is 70.0 Å². The molecular formula is C71H102F2N4O12. The molecule has 492 valence electrons. The molecule has 16 nitrogen and oxygen atoms in total. The molecule has 0 N–H and O–H groups in total. The molecule has 0 aromatic heterocycles. The Labute approximate surface area is 527 Å². The molecule has 3 saturated heterocycles. The zero-order valence-electron chi connectivity index (χ0n) is 56.4. The molecule has 6 unspecified atom stereocenters. The Kier molecular flexibility index (Phi) is 16.9. The van der Waals surface area contributed by atoms with Gasteiger partial charge in [-0.2, -0.15) is 0 Å². The minimum absolute atomic E-state index is 0.00728. The van der Waals surface area contributed by atoms with Gasteiger partial charge < -0.3 is 43.1 Å². The number of carbonyl (C=O) groups excluding carboxylic acids is 6. The molecule has 9 fully saturated rings. The summed E-state index contributed by atoms with van der Waals surface area (Å²) in [5, 5.41) is 0. The van der Waals surface area contributed by atoms with Gasteiger partial charge in [-0.1, -0.05) is 48.5 Å². The molecule has 2 aromatic rings. The highest BCUT2D eigenvalue weighted by Gasteiger charge is 3.09. The number of benzene rings is 2. The second-order valence-corrected chi connectivity index (χ2v) is 33.9. The lowest BCUT2D eigenvalue weighted by atomic mass is 8.91. The van der Waals surface area contributed by atoms with Gasteiger partial charge in [0.2, 0.25) is 11.3 Å². The van der Waals surface area contributed by atoms with Crippen molar-refractivity contribution >= 4 is 36.2 Å². The number of ether oxygens (including phenoxy) is 6. The van der Waals surface area contributed by atoms with Gasteiger partial charge in [0, 0.05) is 83.6 Å². The largest absolute Gasteiger partial charge is 0.460 e. The predicted octanol–water partition coefficient (Wildman–Crippen LogP) is 12.7. The molecule has 0 bridgehead atoms. The average Bonchev–Trinajstić information content (AvgIpc) is 0.720. The first kappa shape index (κ1) is 66.4. The summed E-state index contributed by atoms with van der Waals surface area (Å²) in [7, 11) is 0. The summed E-state index contributed by atoms with van der Waals surface area (Å²) in [5.41, 5.74) is -6.73. The van der Waals surface area contributed by atoms with Gasteiger partial charge in [0.25, 0.3) is 0 Å². The number of nitrogens with zero attached hydrogens (tertiary/aromatic N) is 4. The van der Waals surface area contributed by atoms with Gasteiger partial charge in [-0.15, -0.1) is 0 Å². The molecule has 0 spiro atoms. The van der Waals surface area contributed by atoms with Gasteiger partial charge >= 0.3 is 36.2 Å². The van der Waals surface area contributed by atoms with Crippen molar-refractivity contribution < 1.29 is 66.0 Å². The van der Waals surface area contributed by atoms with Crippen LogP contribution in [-0.4, -0.2) is 147 Å². The third-order valence-electron chi connectivity index (χ3n) is 20.4. The van der Waals surface area contributed by atoms with E-state index in [1.807, 2.05) is 90.1 Å². The summed E-state index contributed by atoms with van der Waals surface area (Å²) < 4.78 is 71.3. The molecule has 3 amide bonds. The van der Waals surface area contributed by atoms with E-state index in [0.717, 1.165) is 24.1 Å². The quantitative estimate of drug-likeness (QED) is 0.102. The van der Waals surface area contributed by atoms with E-state index < -0.39 is 80.9 Å². The number of hydrogen-bond acceptors (Lipinski definition) is 13. The first-order chi connectivity index (χ1) is 40.9.